The molecule has 3 atom stereocenters. The van der Waals surface area contributed by atoms with Crippen molar-refractivity contribution in [2.45, 2.75) is 32.5 Å². The molecule has 0 fully saturated rings. The largest absolute Gasteiger partial charge is 0.455 e. The molecule has 0 aromatic carbocycles. The lowest BCUT2D eigenvalue weighted by Gasteiger charge is -2.37. The highest BCUT2D eigenvalue weighted by molar-refractivity contribution is 5.84. The molecule has 1 N–H and O–H groups in total. The van der Waals surface area contributed by atoms with Crippen molar-refractivity contribution in [3.05, 3.63) is 23.3 Å². The lowest BCUT2D eigenvalue weighted by Crippen LogP contribution is -2.43. The van der Waals surface area contributed by atoms with Gasteiger partial charge in [0.2, 0.25) is 0 Å². The molecule has 1 aliphatic heterocycles. The minimum absolute atomic E-state index is 0.159. The van der Waals surface area contributed by atoms with E-state index in [2.05, 4.69) is 0 Å². The average Bonchev–Trinajstić information content (AvgIpc) is 2.12. The summed E-state index contributed by atoms with van der Waals surface area (Å²) in [6, 6.07) is 0. The van der Waals surface area contributed by atoms with Crippen LogP contribution < -0.4 is 0 Å². The molecule has 2 rings (SSSR count). The van der Waals surface area contributed by atoms with E-state index in [1.807, 2.05) is 19.9 Å². The van der Waals surface area contributed by atoms with E-state index in [4.69, 9.17) is 4.74 Å². The van der Waals surface area contributed by atoms with Crippen LogP contribution in [0.1, 0.15) is 20.3 Å². The standard InChI is InChI=1S/C11H14O3/c1-6-3-4-8-7(2)5-9(12)14-11(8)10(6)13/h3,5,8,10-11,13H,4H2,1-2H3/t8-,10-,11-/m1/s1. The lowest BCUT2D eigenvalue weighted by molar-refractivity contribution is -0.153. The maximum atomic E-state index is 11.2. The molecule has 2 aliphatic rings. The molecule has 76 valence electrons. The zero-order valence-electron chi connectivity index (χ0n) is 8.36. The Hall–Kier alpha value is -1.09. The van der Waals surface area contributed by atoms with E-state index in [9.17, 15) is 9.90 Å². The van der Waals surface area contributed by atoms with Crippen molar-refractivity contribution in [3.63, 3.8) is 0 Å². The Morgan fingerprint density at radius 3 is 2.86 bits per heavy atom. The predicted molar refractivity (Wildman–Crippen MR) is 51.5 cm³/mol. The van der Waals surface area contributed by atoms with E-state index in [1.165, 1.54) is 6.08 Å². The Labute approximate surface area is 83.1 Å². The minimum atomic E-state index is -0.638. The van der Waals surface area contributed by atoms with Gasteiger partial charge in [0.1, 0.15) is 12.2 Å². The summed E-state index contributed by atoms with van der Waals surface area (Å²) >= 11 is 0. The van der Waals surface area contributed by atoms with Crippen molar-refractivity contribution in [2.24, 2.45) is 5.92 Å². The molecule has 0 saturated heterocycles. The first-order chi connectivity index (χ1) is 6.59. The number of aliphatic hydroxyl groups is 1. The minimum Gasteiger partial charge on any atom is -0.455 e. The quantitative estimate of drug-likeness (QED) is 0.465. The summed E-state index contributed by atoms with van der Waals surface area (Å²) in [5.41, 5.74) is 1.91. The van der Waals surface area contributed by atoms with Crippen LogP contribution in [0.15, 0.2) is 23.3 Å². The molecule has 1 aliphatic carbocycles. The van der Waals surface area contributed by atoms with Crippen molar-refractivity contribution in [1.82, 2.24) is 0 Å². The van der Waals surface area contributed by atoms with Crippen LogP contribution in [-0.2, 0) is 9.53 Å². The smallest absolute Gasteiger partial charge is 0.331 e. The fourth-order valence-corrected chi connectivity index (χ4v) is 2.10. The molecule has 0 aromatic heterocycles. The van der Waals surface area contributed by atoms with Crippen LogP contribution in [0.2, 0.25) is 0 Å². The fraction of sp³-hybridized carbons (Fsp3) is 0.545. The number of aliphatic hydroxyl groups excluding tert-OH is 1. The number of hydrogen-bond donors (Lipinski definition) is 1. The molecule has 0 spiro atoms. The highest BCUT2D eigenvalue weighted by atomic mass is 16.6. The van der Waals surface area contributed by atoms with Gasteiger partial charge in [-0.1, -0.05) is 11.6 Å². The molecule has 1 heterocycles. The Morgan fingerprint density at radius 2 is 2.14 bits per heavy atom. The highest BCUT2D eigenvalue weighted by Crippen LogP contribution is 2.34. The van der Waals surface area contributed by atoms with Gasteiger partial charge in [0, 0.05) is 12.0 Å². The normalized spacial score (nSPS) is 36.8. The van der Waals surface area contributed by atoms with Gasteiger partial charge in [-0.05, 0) is 25.8 Å². The number of carbonyl (C=O) groups excluding carboxylic acids is 1. The molecule has 3 heteroatoms. The van der Waals surface area contributed by atoms with Crippen LogP contribution >= 0.6 is 0 Å². The van der Waals surface area contributed by atoms with Gasteiger partial charge in [0.05, 0.1) is 0 Å². The van der Waals surface area contributed by atoms with E-state index >= 15 is 0 Å². The molecule has 14 heavy (non-hydrogen) atoms. The summed E-state index contributed by atoms with van der Waals surface area (Å²) in [7, 11) is 0. The van der Waals surface area contributed by atoms with E-state index in [0.29, 0.717) is 0 Å². The van der Waals surface area contributed by atoms with Crippen molar-refractivity contribution < 1.29 is 14.6 Å². The third-order valence-corrected chi connectivity index (χ3v) is 3.05. The summed E-state index contributed by atoms with van der Waals surface area (Å²) in [5.74, 6) is -0.177. The van der Waals surface area contributed by atoms with E-state index in [-0.39, 0.29) is 18.0 Å². The summed E-state index contributed by atoms with van der Waals surface area (Å²) in [5, 5.41) is 9.84. The maximum Gasteiger partial charge on any atom is 0.331 e. The second kappa shape index (κ2) is 3.24. The first-order valence-corrected chi connectivity index (χ1v) is 4.83. The van der Waals surface area contributed by atoms with Gasteiger partial charge >= 0.3 is 5.97 Å². The van der Waals surface area contributed by atoms with Crippen LogP contribution in [0.25, 0.3) is 0 Å². The molecular formula is C11H14O3. The second-order valence-corrected chi connectivity index (χ2v) is 4.03. The van der Waals surface area contributed by atoms with Gasteiger partial charge < -0.3 is 9.84 Å². The van der Waals surface area contributed by atoms with Crippen molar-refractivity contribution in [1.29, 1.82) is 0 Å². The molecular weight excluding hydrogens is 180 g/mol. The number of fused-ring (bicyclic) bond motifs is 1. The van der Waals surface area contributed by atoms with Gasteiger partial charge in [0.15, 0.2) is 0 Å². The number of carbonyl (C=O) groups is 1. The first-order valence-electron chi connectivity index (χ1n) is 4.83. The van der Waals surface area contributed by atoms with E-state index < -0.39 is 6.10 Å². The Kier molecular flexibility index (Phi) is 2.19. The zero-order chi connectivity index (χ0) is 10.3. The SMILES string of the molecule is CC1=CC[C@@H]2C(C)=CC(=O)O[C@H]2[C@@H]1O. The van der Waals surface area contributed by atoms with Gasteiger partial charge in [-0.25, -0.2) is 4.79 Å². The van der Waals surface area contributed by atoms with Crippen LogP contribution in [0.5, 0.6) is 0 Å². The van der Waals surface area contributed by atoms with Crippen molar-refractivity contribution in [2.75, 3.05) is 0 Å². The van der Waals surface area contributed by atoms with Crippen molar-refractivity contribution in [3.8, 4) is 0 Å². The first kappa shape index (κ1) is 9.46. The molecule has 0 radical (unpaired) electrons. The predicted octanol–water partition coefficient (Wildman–Crippen LogP) is 1.19. The van der Waals surface area contributed by atoms with Crippen LogP contribution in [0.3, 0.4) is 0 Å². The Morgan fingerprint density at radius 1 is 1.43 bits per heavy atom. The summed E-state index contributed by atoms with van der Waals surface area (Å²) in [6.07, 6.45) is 3.37. The molecule has 0 bridgehead atoms. The monoisotopic (exact) mass is 194 g/mol. The van der Waals surface area contributed by atoms with Crippen LogP contribution in [0.4, 0.5) is 0 Å². The number of esters is 1. The van der Waals surface area contributed by atoms with E-state index in [1.54, 1.807) is 0 Å². The maximum absolute atomic E-state index is 11.2. The topological polar surface area (TPSA) is 46.5 Å². The number of rotatable bonds is 0. The number of allylic oxidation sites excluding steroid dienone is 1. The zero-order valence-corrected chi connectivity index (χ0v) is 8.36. The third-order valence-electron chi connectivity index (χ3n) is 3.05. The van der Waals surface area contributed by atoms with Gasteiger partial charge in [-0.3, -0.25) is 0 Å². The average molecular weight is 194 g/mol. The molecule has 0 amide bonds. The highest BCUT2D eigenvalue weighted by Gasteiger charge is 2.38. The van der Waals surface area contributed by atoms with Gasteiger partial charge in [0.25, 0.3) is 0 Å². The van der Waals surface area contributed by atoms with Crippen molar-refractivity contribution >= 4 is 5.97 Å². The summed E-state index contributed by atoms with van der Waals surface area (Å²) in [4.78, 5) is 11.2. The number of ether oxygens (including phenoxy) is 1. The summed E-state index contributed by atoms with van der Waals surface area (Å²) < 4.78 is 5.14. The lowest BCUT2D eigenvalue weighted by atomic mass is 9.80. The van der Waals surface area contributed by atoms with Crippen LogP contribution in [-0.4, -0.2) is 23.3 Å². The fourth-order valence-electron chi connectivity index (χ4n) is 2.10. The number of hydrogen-bond acceptors (Lipinski definition) is 3. The summed E-state index contributed by atoms with van der Waals surface area (Å²) in [6.45, 7) is 3.78. The molecule has 0 aromatic rings. The second-order valence-electron chi connectivity index (χ2n) is 4.03. The molecule has 0 saturated carbocycles. The third kappa shape index (κ3) is 1.38. The Balaban J connectivity index is 2.32. The molecule has 3 nitrogen and oxygen atoms in total. The van der Waals surface area contributed by atoms with Gasteiger partial charge in [-0.15, -0.1) is 0 Å². The van der Waals surface area contributed by atoms with Crippen LogP contribution in [0, 0.1) is 5.92 Å². The Bertz CT molecular complexity index is 327. The molecule has 0 unspecified atom stereocenters. The van der Waals surface area contributed by atoms with E-state index in [0.717, 1.165) is 17.6 Å². The van der Waals surface area contributed by atoms with Gasteiger partial charge in [-0.2, -0.15) is 0 Å².